The van der Waals surface area contributed by atoms with Crippen molar-refractivity contribution in [2.75, 3.05) is 12.3 Å². The van der Waals surface area contributed by atoms with Crippen LogP contribution in [0.15, 0.2) is 53.5 Å². The van der Waals surface area contributed by atoms with Crippen molar-refractivity contribution in [3.05, 3.63) is 54.1 Å². The molecule has 2 aliphatic rings. The fourth-order valence-corrected chi connectivity index (χ4v) is 4.16. The maximum absolute atomic E-state index is 3.68. The molecule has 1 saturated heterocycles. The van der Waals surface area contributed by atoms with Crippen molar-refractivity contribution in [1.29, 1.82) is 0 Å². The van der Waals surface area contributed by atoms with E-state index in [0.29, 0.717) is 12.0 Å². The molecule has 0 saturated carbocycles. The van der Waals surface area contributed by atoms with Crippen molar-refractivity contribution in [3.63, 3.8) is 0 Å². The van der Waals surface area contributed by atoms with Gasteiger partial charge in [-0.05, 0) is 43.4 Å². The van der Waals surface area contributed by atoms with E-state index in [4.69, 9.17) is 0 Å². The highest BCUT2D eigenvalue weighted by Gasteiger charge is 2.18. The smallest absolute Gasteiger partial charge is 0.0331 e. The summed E-state index contributed by atoms with van der Waals surface area (Å²) >= 11 is 2.02. The average Bonchev–Trinajstić information content (AvgIpc) is 2.55. The molecular weight excluding hydrogens is 262 g/mol. The Morgan fingerprint density at radius 3 is 2.90 bits per heavy atom. The number of rotatable bonds is 4. The van der Waals surface area contributed by atoms with Crippen LogP contribution in [0.5, 0.6) is 0 Å². The molecule has 0 bridgehead atoms. The van der Waals surface area contributed by atoms with Gasteiger partial charge in [-0.2, -0.15) is 0 Å². The van der Waals surface area contributed by atoms with Gasteiger partial charge in [0, 0.05) is 16.7 Å². The number of allylic oxidation sites excluding steroid dienone is 4. The van der Waals surface area contributed by atoms with Gasteiger partial charge in [-0.15, -0.1) is 11.8 Å². The first-order valence-electron chi connectivity index (χ1n) is 7.72. The standard InChI is InChI=1S/C18H23NS/c1-2-8-15(9-3-1)14-20-18-12-5-4-10-16(18)17-11-6-7-13-19-17/h1-5,8,10,12,15,17,19H,6-7,9,11,13-14H2. The number of thioether (sulfide) groups is 1. The topological polar surface area (TPSA) is 12.0 Å². The number of hydrogen-bond donors (Lipinski definition) is 1. The van der Waals surface area contributed by atoms with E-state index in [1.54, 1.807) is 0 Å². The van der Waals surface area contributed by atoms with Crippen LogP contribution < -0.4 is 5.32 Å². The van der Waals surface area contributed by atoms with Crippen LogP contribution in [0.1, 0.15) is 37.3 Å². The Labute approximate surface area is 126 Å². The highest BCUT2D eigenvalue weighted by molar-refractivity contribution is 7.99. The molecule has 0 radical (unpaired) electrons. The third kappa shape index (κ3) is 3.56. The van der Waals surface area contributed by atoms with Gasteiger partial charge < -0.3 is 5.32 Å². The Bertz CT molecular complexity index is 486. The summed E-state index contributed by atoms with van der Waals surface area (Å²) in [5.41, 5.74) is 1.51. The monoisotopic (exact) mass is 285 g/mol. The fourth-order valence-electron chi connectivity index (χ4n) is 2.97. The molecule has 1 aromatic rings. The van der Waals surface area contributed by atoms with Crippen LogP contribution in [0.4, 0.5) is 0 Å². The summed E-state index contributed by atoms with van der Waals surface area (Å²) in [5.74, 6) is 1.88. The normalized spacial score (nSPS) is 25.8. The molecule has 2 heteroatoms. The predicted molar refractivity (Wildman–Crippen MR) is 88.1 cm³/mol. The molecule has 20 heavy (non-hydrogen) atoms. The molecule has 2 atom stereocenters. The minimum absolute atomic E-state index is 0.564. The Kier molecular flexibility index (Phi) is 4.99. The van der Waals surface area contributed by atoms with Crippen LogP contribution in [-0.2, 0) is 0 Å². The summed E-state index contributed by atoms with van der Waals surface area (Å²) in [6, 6.07) is 9.51. The van der Waals surface area contributed by atoms with Gasteiger partial charge in [-0.1, -0.05) is 48.9 Å². The number of piperidine rings is 1. The van der Waals surface area contributed by atoms with Gasteiger partial charge in [-0.25, -0.2) is 0 Å². The average molecular weight is 285 g/mol. The van der Waals surface area contributed by atoms with E-state index in [0.717, 1.165) is 0 Å². The van der Waals surface area contributed by atoms with Gasteiger partial charge >= 0.3 is 0 Å². The van der Waals surface area contributed by atoms with E-state index in [2.05, 4.69) is 53.9 Å². The van der Waals surface area contributed by atoms with E-state index in [1.807, 2.05) is 11.8 Å². The predicted octanol–water partition coefficient (Wildman–Crippen LogP) is 4.73. The first-order chi connectivity index (χ1) is 9.93. The Hall–Kier alpha value is -0.990. The van der Waals surface area contributed by atoms with Gasteiger partial charge in [0.1, 0.15) is 0 Å². The lowest BCUT2D eigenvalue weighted by atomic mass is 9.98. The second kappa shape index (κ2) is 7.14. The van der Waals surface area contributed by atoms with Crippen molar-refractivity contribution in [1.82, 2.24) is 5.32 Å². The molecule has 1 nitrogen and oxygen atoms in total. The Morgan fingerprint density at radius 2 is 2.10 bits per heavy atom. The lowest BCUT2D eigenvalue weighted by Gasteiger charge is -2.26. The minimum Gasteiger partial charge on any atom is -0.310 e. The molecule has 0 amide bonds. The molecule has 1 aromatic carbocycles. The highest BCUT2D eigenvalue weighted by Crippen LogP contribution is 2.33. The Morgan fingerprint density at radius 1 is 1.15 bits per heavy atom. The maximum atomic E-state index is 3.68. The first-order valence-corrected chi connectivity index (χ1v) is 8.70. The van der Waals surface area contributed by atoms with Gasteiger partial charge in [0.05, 0.1) is 0 Å². The molecule has 1 aliphatic heterocycles. The molecule has 1 fully saturated rings. The molecule has 1 aliphatic carbocycles. The largest absolute Gasteiger partial charge is 0.310 e. The van der Waals surface area contributed by atoms with Crippen molar-refractivity contribution in [2.45, 2.75) is 36.6 Å². The maximum Gasteiger partial charge on any atom is 0.0331 e. The zero-order valence-electron chi connectivity index (χ0n) is 11.9. The molecule has 1 heterocycles. The molecule has 3 rings (SSSR count). The van der Waals surface area contributed by atoms with Gasteiger partial charge in [-0.3, -0.25) is 0 Å². The van der Waals surface area contributed by atoms with E-state index in [-0.39, 0.29) is 0 Å². The zero-order chi connectivity index (χ0) is 13.6. The zero-order valence-corrected chi connectivity index (χ0v) is 12.7. The molecule has 1 N–H and O–H groups in total. The van der Waals surface area contributed by atoms with Crippen LogP contribution in [0.2, 0.25) is 0 Å². The van der Waals surface area contributed by atoms with Crippen LogP contribution in [-0.4, -0.2) is 12.3 Å². The van der Waals surface area contributed by atoms with Crippen molar-refractivity contribution >= 4 is 11.8 Å². The second-order valence-corrected chi connectivity index (χ2v) is 6.72. The minimum atomic E-state index is 0.564. The first kappa shape index (κ1) is 14.0. The van der Waals surface area contributed by atoms with Crippen LogP contribution in [0.25, 0.3) is 0 Å². The number of hydrogen-bond acceptors (Lipinski definition) is 2. The molecule has 2 unspecified atom stereocenters. The fraction of sp³-hybridized carbons (Fsp3) is 0.444. The van der Waals surface area contributed by atoms with Crippen molar-refractivity contribution in [3.8, 4) is 0 Å². The van der Waals surface area contributed by atoms with Crippen molar-refractivity contribution < 1.29 is 0 Å². The summed E-state index contributed by atoms with van der Waals surface area (Å²) in [6.45, 7) is 1.17. The quantitative estimate of drug-likeness (QED) is 0.803. The SMILES string of the molecule is C1=CCC(CSc2ccccc2C2CCCCN2)C=C1. The van der Waals surface area contributed by atoms with Crippen LogP contribution >= 0.6 is 11.8 Å². The van der Waals surface area contributed by atoms with Gasteiger partial charge in [0.25, 0.3) is 0 Å². The van der Waals surface area contributed by atoms with E-state index in [1.165, 1.54) is 48.4 Å². The Balaban J connectivity index is 1.66. The summed E-state index contributed by atoms with van der Waals surface area (Å²) in [4.78, 5) is 1.47. The lowest BCUT2D eigenvalue weighted by molar-refractivity contribution is 0.408. The number of benzene rings is 1. The van der Waals surface area contributed by atoms with Crippen LogP contribution in [0.3, 0.4) is 0 Å². The molecular formula is C18H23NS. The third-order valence-electron chi connectivity index (χ3n) is 4.13. The highest BCUT2D eigenvalue weighted by atomic mass is 32.2. The number of nitrogens with one attached hydrogen (secondary N) is 1. The van der Waals surface area contributed by atoms with Crippen LogP contribution in [0, 0.1) is 5.92 Å². The summed E-state index contributed by atoms with van der Waals surface area (Å²) in [7, 11) is 0. The molecule has 0 aromatic heterocycles. The van der Waals surface area contributed by atoms with E-state index in [9.17, 15) is 0 Å². The summed E-state index contributed by atoms with van der Waals surface area (Å²) in [6.07, 6.45) is 14.1. The summed E-state index contributed by atoms with van der Waals surface area (Å²) in [5, 5.41) is 3.68. The third-order valence-corrected chi connectivity index (χ3v) is 5.40. The molecule has 106 valence electrons. The van der Waals surface area contributed by atoms with Gasteiger partial charge in [0.15, 0.2) is 0 Å². The van der Waals surface area contributed by atoms with E-state index >= 15 is 0 Å². The van der Waals surface area contributed by atoms with E-state index < -0.39 is 0 Å². The summed E-state index contributed by atoms with van der Waals surface area (Å²) < 4.78 is 0. The van der Waals surface area contributed by atoms with Crippen molar-refractivity contribution in [2.24, 2.45) is 5.92 Å². The second-order valence-electron chi connectivity index (χ2n) is 5.66. The molecule has 0 spiro atoms. The van der Waals surface area contributed by atoms with Gasteiger partial charge in [0.2, 0.25) is 0 Å². The lowest BCUT2D eigenvalue weighted by Crippen LogP contribution is -2.27.